The van der Waals surface area contributed by atoms with Crippen molar-refractivity contribution in [3.8, 4) is 0 Å². The Morgan fingerprint density at radius 2 is 1.98 bits per heavy atom. The van der Waals surface area contributed by atoms with E-state index in [0.29, 0.717) is 34.8 Å². The zero-order valence-electron chi connectivity index (χ0n) is 24.4. The summed E-state index contributed by atoms with van der Waals surface area (Å²) < 4.78 is 56.0. The van der Waals surface area contributed by atoms with Gasteiger partial charge in [-0.1, -0.05) is 12.1 Å². The lowest BCUT2D eigenvalue weighted by molar-refractivity contribution is -0.156. The topological polar surface area (TPSA) is 113 Å². The molecule has 4 aliphatic rings. The second kappa shape index (κ2) is 11.3. The molecule has 0 bridgehead atoms. The molecule has 1 aromatic heterocycles. The van der Waals surface area contributed by atoms with Crippen molar-refractivity contribution in [3.63, 3.8) is 0 Å². The second-order valence-corrected chi connectivity index (χ2v) is 12.4. The van der Waals surface area contributed by atoms with Gasteiger partial charge in [-0.25, -0.2) is 22.9 Å². The van der Waals surface area contributed by atoms with Gasteiger partial charge in [-0.3, -0.25) is 19.5 Å². The summed E-state index contributed by atoms with van der Waals surface area (Å²) in [4.78, 5) is 51.2. The first-order chi connectivity index (χ1) is 21.0. The highest BCUT2D eigenvalue weighted by Crippen LogP contribution is 2.51. The summed E-state index contributed by atoms with van der Waals surface area (Å²) in [5.74, 6) is -6.30. The molecule has 1 N–H and O–H groups in total. The molecule has 1 aliphatic carbocycles. The number of carbonyl (C=O) groups excluding carboxylic acids is 3. The minimum absolute atomic E-state index is 0.000284. The number of nitrogens with zero attached hydrogens (tertiary/aromatic N) is 4. The van der Waals surface area contributed by atoms with Crippen LogP contribution in [-0.4, -0.2) is 90.3 Å². The van der Waals surface area contributed by atoms with Crippen LogP contribution < -0.4 is 5.32 Å². The molecular formula is C30H32F3N5O5S. The third-order valence-electron chi connectivity index (χ3n) is 8.96. The van der Waals surface area contributed by atoms with E-state index in [9.17, 15) is 18.8 Å². The van der Waals surface area contributed by atoms with Crippen LogP contribution in [0.15, 0.2) is 46.0 Å². The number of amides is 1. The van der Waals surface area contributed by atoms with Crippen LogP contribution in [0.2, 0.25) is 0 Å². The molecule has 0 unspecified atom stereocenters. The van der Waals surface area contributed by atoms with Gasteiger partial charge in [-0.05, 0) is 43.9 Å². The third-order valence-corrected chi connectivity index (χ3v) is 9.74. The average molecular weight is 632 g/mol. The Balaban J connectivity index is 1.37. The molecule has 3 atom stereocenters. The number of ether oxygens (including phenoxy) is 2. The minimum Gasteiger partial charge on any atom is -0.468 e. The number of esters is 2. The van der Waals surface area contributed by atoms with Crippen molar-refractivity contribution < 1.29 is 37.0 Å². The van der Waals surface area contributed by atoms with Crippen LogP contribution in [0.1, 0.15) is 41.9 Å². The second-order valence-electron chi connectivity index (χ2n) is 11.5. The lowest BCUT2D eigenvalue weighted by atomic mass is 9.92. The summed E-state index contributed by atoms with van der Waals surface area (Å²) in [6.07, 6.45) is 2.24. The van der Waals surface area contributed by atoms with E-state index in [1.807, 2.05) is 0 Å². The number of aromatic nitrogens is 1. The molecule has 3 fully saturated rings. The Hall–Kier alpha value is -3.78. The molecule has 1 saturated carbocycles. The smallest absolute Gasteiger partial charge is 0.338 e. The fourth-order valence-corrected chi connectivity index (χ4v) is 7.10. The maximum Gasteiger partial charge on any atom is 0.338 e. The van der Waals surface area contributed by atoms with E-state index in [0.717, 1.165) is 0 Å². The quantitative estimate of drug-likeness (QED) is 0.349. The van der Waals surface area contributed by atoms with E-state index in [1.54, 1.807) is 36.4 Å². The number of thiazole rings is 1. The molecule has 14 heteroatoms. The van der Waals surface area contributed by atoms with Gasteiger partial charge < -0.3 is 19.7 Å². The van der Waals surface area contributed by atoms with Crippen LogP contribution in [0, 0.1) is 24.1 Å². The van der Waals surface area contributed by atoms with E-state index in [2.05, 4.69) is 10.3 Å². The number of fused-ring (bicyclic) bond motifs is 1. The molecule has 4 heterocycles. The first-order valence-electron chi connectivity index (χ1n) is 14.4. The van der Waals surface area contributed by atoms with Crippen LogP contribution in [0.3, 0.4) is 0 Å². The number of halogens is 3. The number of rotatable bonds is 8. The number of alkyl halides is 2. The Morgan fingerprint density at radius 1 is 1.20 bits per heavy atom. The molecule has 1 amide bonds. The van der Waals surface area contributed by atoms with Crippen molar-refractivity contribution in [1.29, 1.82) is 0 Å². The van der Waals surface area contributed by atoms with Crippen molar-refractivity contribution in [2.45, 2.75) is 44.7 Å². The Labute approximate surface area is 255 Å². The molecule has 1 aromatic carbocycles. The Bertz CT molecular complexity index is 1560. The fraction of sp³-hybridized carbons (Fsp3) is 0.500. The lowest BCUT2D eigenvalue weighted by Crippen LogP contribution is -2.45. The molecule has 0 radical (unpaired) electrons. The van der Waals surface area contributed by atoms with Crippen LogP contribution in [-0.2, 0) is 23.9 Å². The molecule has 0 spiro atoms. The molecule has 2 saturated heterocycles. The fourth-order valence-electron chi connectivity index (χ4n) is 6.51. The van der Waals surface area contributed by atoms with Crippen molar-refractivity contribution in [1.82, 2.24) is 20.1 Å². The molecule has 44 heavy (non-hydrogen) atoms. The predicted octanol–water partition coefficient (Wildman–Crippen LogP) is 3.23. The van der Waals surface area contributed by atoms with Crippen molar-refractivity contribution in [3.05, 3.63) is 63.0 Å². The molecule has 2 aromatic rings. The van der Waals surface area contributed by atoms with Gasteiger partial charge in [0.2, 0.25) is 5.91 Å². The number of hydrogen-bond acceptors (Lipinski definition) is 10. The van der Waals surface area contributed by atoms with Gasteiger partial charge in [-0.15, -0.1) is 11.3 Å². The van der Waals surface area contributed by atoms with Gasteiger partial charge in [-0.2, -0.15) is 0 Å². The van der Waals surface area contributed by atoms with Crippen LogP contribution in [0.4, 0.5) is 13.2 Å². The average Bonchev–Trinajstić information content (AvgIpc) is 3.30. The van der Waals surface area contributed by atoms with Gasteiger partial charge in [0.1, 0.15) is 17.3 Å². The monoisotopic (exact) mass is 631 g/mol. The van der Waals surface area contributed by atoms with Gasteiger partial charge in [0.15, 0.2) is 10.8 Å². The Kier molecular flexibility index (Phi) is 7.77. The molecular weight excluding hydrogens is 599 g/mol. The van der Waals surface area contributed by atoms with Crippen molar-refractivity contribution in [2.24, 2.45) is 16.3 Å². The van der Waals surface area contributed by atoms with E-state index >= 15 is 8.78 Å². The number of nitrogens with one attached hydrogen (secondary N) is 1. The molecule has 234 valence electrons. The SMILES string of the molecule is CCOC(=O)C1=C(CN2CC(F)(F)[C@@H]3CN(C(=O)C4(C(=O)OC)CC4)C[C@@H]32)NC(c2nccs2)=N[C@H]1c1cccc(F)c1C. The zero-order chi connectivity index (χ0) is 31.4. The standard InChI is InChI=1S/C30H32F3N5O5S/c1-4-43-26(39)22-20(35-24(25-34-10-11-44-25)36-23(22)17-6-5-7-19(31)16(17)2)13-38-15-30(32,33)18-12-37(14-21(18)38)27(40)29(8-9-29)28(41)42-3/h5-7,10-11,18,21,23H,4,8-9,12-15H2,1-3H3,(H,35,36)/t18-,21+,23+/m1/s1. The number of likely N-dealkylation sites (tertiary alicyclic amines) is 2. The number of aliphatic imine (C=N–C) groups is 1. The highest BCUT2D eigenvalue weighted by Gasteiger charge is 2.64. The highest BCUT2D eigenvalue weighted by molar-refractivity contribution is 7.11. The van der Waals surface area contributed by atoms with Gasteiger partial charge >= 0.3 is 11.9 Å². The first-order valence-corrected chi connectivity index (χ1v) is 15.3. The van der Waals surface area contributed by atoms with Gasteiger partial charge in [0, 0.05) is 43.0 Å². The van der Waals surface area contributed by atoms with Crippen molar-refractivity contribution in [2.75, 3.05) is 39.9 Å². The largest absolute Gasteiger partial charge is 0.468 e. The maximum absolute atomic E-state index is 15.5. The highest BCUT2D eigenvalue weighted by atomic mass is 32.1. The molecule has 10 nitrogen and oxygen atoms in total. The number of methoxy groups -OCH3 is 1. The van der Waals surface area contributed by atoms with E-state index in [-0.39, 0.29) is 37.5 Å². The summed E-state index contributed by atoms with van der Waals surface area (Å²) >= 11 is 1.30. The minimum atomic E-state index is -3.13. The van der Waals surface area contributed by atoms with Crippen LogP contribution in [0.5, 0.6) is 0 Å². The summed E-state index contributed by atoms with van der Waals surface area (Å²) in [6.45, 7) is 2.38. The molecule has 3 aliphatic heterocycles. The number of carbonyl (C=O) groups is 3. The van der Waals surface area contributed by atoms with Gasteiger partial charge in [0.25, 0.3) is 5.92 Å². The summed E-state index contributed by atoms with van der Waals surface area (Å²) in [7, 11) is 1.21. The Morgan fingerprint density at radius 3 is 2.64 bits per heavy atom. The van der Waals surface area contributed by atoms with Crippen LogP contribution in [0.25, 0.3) is 0 Å². The van der Waals surface area contributed by atoms with E-state index in [1.165, 1.54) is 35.5 Å². The van der Waals surface area contributed by atoms with Crippen molar-refractivity contribution >= 4 is 35.0 Å². The first kappa shape index (κ1) is 30.3. The predicted molar refractivity (Wildman–Crippen MR) is 153 cm³/mol. The normalized spacial score (nSPS) is 25.3. The maximum atomic E-state index is 15.5. The molecule has 6 rings (SSSR count). The van der Waals surface area contributed by atoms with Crippen LogP contribution >= 0.6 is 11.3 Å². The van der Waals surface area contributed by atoms with E-state index in [4.69, 9.17) is 14.5 Å². The summed E-state index contributed by atoms with van der Waals surface area (Å²) in [6, 6.07) is 2.78. The number of hydrogen-bond donors (Lipinski definition) is 1. The van der Waals surface area contributed by atoms with E-state index < -0.39 is 59.5 Å². The summed E-state index contributed by atoms with van der Waals surface area (Å²) in [5.41, 5.74) is -0.207. The summed E-state index contributed by atoms with van der Waals surface area (Å²) in [5, 5.41) is 5.42. The number of amidine groups is 1. The van der Waals surface area contributed by atoms with Gasteiger partial charge in [0.05, 0.1) is 31.8 Å². The zero-order valence-corrected chi connectivity index (χ0v) is 25.3. The lowest BCUT2D eigenvalue weighted by Gasteiger charge is -2.32. The third kappa shape index (κ3) is 5.07. The number of benzene rings is 1.